The first kappa shape index (κ1) is 11.0. The highest BCUT2D eigenvalue weighted by Crippen LogP contribution is 2.52. The molecule has 2 aliphatic rings. The minimum Gasteiger partial charge on any atom is -0.298 e. The van der Waals surface area contributed by atoms with E-state index in [2.05, 4.69) is 31.7 Å². The average Bonchev–Trinajstić information content (AvgIpc) is 2.12. The highest BCUT2D eigenvalue weighted by Gasteiger charge is 2.46. The summed E-state index contributed by atoms with van der Waals surface area (Å²) >= 11 is 0. The number of likely N-dealkylation sites (tertiary alicyclic amines) is 1. The normalized spacial score (nSPS) is 27.3. The fraction of sp³-hybridized carbons (Fsp3) is 0.923. The Morgan fingerprint density at radius 2 is 1.73 bits per heavy atom. The molecule has 1 heterocycles. The Kier molecular flexibility index (Phi) is 2.55. The maximum atomic E-state index is 8.82. The quantitative estimate of drug-likeness (QED) is 0.609. The van der Waals surface area contributed by atoms with Crippen LogP contribution in [0.15, 0.2) is 0 Å². The molecular weight excluding hydrogens is 184 g/mol. The zero-order valence-corrected chi connectivity index (χ0v) is 10.2. The molecule has 0 amide bonds. The van der Waals surface area contributed by atoms with Crippen LogP contribution in [0.5, 0.6) is 0 Å². The van der Waals surface area contributed by atoms with Crippen LogP contribution in [0.25, 0.3) is 0 Å². The van der Waals surface area contributed by atoms with Gasteiger partial charge < -0.3 is 0 Å². The molecule has 2 fully saturated rings. The predicted molar refractivity (Wildman–Crippen MR) is 61.3 cm³/mol. The van der Waals surface area contributed by atoms with Crippen LogP contribution in [0.1, 0.15) is 46.5 Å². The molecule has 1 aliphatic carbocycles. The van der Waals surface area contributed by atoms with Gasteiger partial charge in [-0.3, -0.25) is 4.90 Å². The Morgan fingerprint density at radius 3 is 2.13 bits per heavy atom. The first-order chi connectivity index (χ1) is 6.95. The predicted octanol–water partition coefficient (Wildman–Crippen LogP) is 2.80. The number of piperidine rings is 1. The van der Waals surface area contributed by atoms with Gasteiger partial charge in [-0.05, 0) is 65.0 Å². The molecule has 0 N–H and O–H groups in total. The summed E-state index contributed by atoms with van der Waals surface area (Å²) in [6.45, 7) is 9.33. The van der Waals surface area contributed by atoms with Gasteiger partial charge in [-0.25, -0.2) is 0 Å². The molecule has 2 heteroatoms. The van der Waals surface area contributed by atoms with Crippen molar-refractivity contribution in [3.05, 3.63) is 0 Å². The summed E-state index contributed by atoms with van der Waals surface area (Å²) in [7, 11) is 0. The summed E-state index contributed by atoms with van der Waals surface area (Å²) in [5, 5.41) is 8.82. The molecule has 84 valence electrons. The molecule has 1 spiro atoms. The molecule has 0 atom stereocenters. The fourth-order valence-electron chi connectivity index (χ4n) is 3.14. The summed E-state index contributed by atoms with van der Waals surface area (Å²) in [5.74, 6) is 0.367. The van der Waals surface area contributed by atoms with Gasteiger partial charge in [0.15, 0.2) is 0 Å². The molecular formula is C13H22N2. The number of rotatable bonds is 0. The lowest BCUT2D eigenvalue weighted by Crippen LogP contribution is -2.52. The Hall–Kier alpha value is -0.550. The minimum absolute atomic E-state index is 0.319. The van der Waals surface area contributed by atoms with Gasteiger partial charge in [0, 0.05) is 11.5 Å². The second kappa shape index (κ2) is 3.49. The van der Waals surface area contributed by atoms with Crippen LogP contribution in [-0.4, -0.2) is 23.5 Å². The van der Waals surface area contributed by atoms with Crippen LogP contribution in [0.3, 0.4) is 0 Å². The van der Waals surface area contributed by atoms with E-state index >= 15 is 0 Å². The zero-order valence-electron chi connectivity index (χ0n) is 10.2. The summed E-state index contributed by atoms with van der Waals surface area (Å²) in [6.07, 6.45) is 4.95. The molecule has 0 unspecified atom stereocenters. The Morgan fingerprint density at radius 1 is 1.20 bits per heavy atom. The summed E-state index contributed by atoms with van der Waals surface area (Å²) in [6, 6.07) is 2.40. The van der Waals surface area contributed by atoms with Crippen LogP contribution in [0.4, 0.5) is 0 Å². The highest BCUT2D eigenvalue weighted by atomic mass is 15.2. The van der Waals surface area contributed by atoms with Crippen molar-refractivity contribution in [2.24, 2.45) is 11.3 Å². The van der Waals surface area contributed by atoms with Gasteiger partial charge in [0.25, 0.3) is 0 Å². The van der Waals surface area contributed by atoms with Gasteiger partial charge in [0.2, 0.25) is 0 Å². The van der Waals surface area contributed by atoms with Crippen molar-refractivity contribution >= 4 is 0 Å². The molecule has 0 aromatic heterocycles. The average molecular weight is 206 g/mol. The van der Waals surface area contributed by atoms with E-state index in [9.17, 15) is 0 Å². The van der Waals surface area contributed by atoms with Gasteiger partial charge in [-0.2, -0.15) is 5.26 Å². The highest BCUT2D eigenvalue weighted by molar-refractivity contribution is 5.05. The molecule has 2 rings (SSSR count). The zero-order chi connectivity index (χ0) is 11.1. The lowest BCUT2D eigenvalue weighted by atomic mass is 9.58. The van der Waals surface area contributed by atoms with Crippen molar-refractivity contribution in [2.45, 2.75) is 52.0 Å². The Labute approximate surface area is 93.3 Å². The first-order valence-corrected chi connectivity index (χ1v) is 6.10. The monoisotopic (exact) mass is 206 g/mol. The molecule has 1 saturated carbocycles. The lowest BCUT2D eigenvalue weighted by molar-refractivity contribution is -0.0208. The Balaban J connectivity index is 1.87. The van der Waals surface area contributed by atoms with E-state index in [0.29, 0.717) is 16.9 Å². The largest absolute Gasteiger partial charge is 0.298 e. The third-order valence-electron chi connectivity index (χ3n) is 4.31. The topological polar surface area (TPSA) is 27.0 Å². The minimum atomic E-state index is 0.319. The van der Waals surface area contributed by atoms with Gasteiger partial charge in [0.1, 0.15) is 0 Å². The van der Waals surface area contributed by atoms with Crippen molar-refractivity contribution in [2.75, 3.05) is 13.1 Å². The molecule has 1 saturated heterocycles. The van der Waals surface area contributed by atoms with E-state index in [0.717, 1.165) is 0 Å². The second-order valence-electron chi connectivity index (χ2n) is 6.39. The summed E-state index contributed by atoms with van der Waals surface area (Å²) < 4.78 is 0. The van der Waals surface area contributed by atoms with E-state index in [1.165, 1.54) is 38.8 Å². The van der Waals surface area contributed by atoms with Crippen molar-refractivity contribution < 1.29 is 0 Å². The van der Waals surface area contributed by atoms with Crippen molar-refractivity contribution in [1.29, 1.82) is 5.26 Å². The summed E-state index contributed by atoms with van der Waals surface area (Å²) in [5.41, 5.74) is 0.877. The first-order valence-electron chi connectivity index (χ1n) is 6.10. The van der Waals surface area contributed by atoms with Crippen molar-refractivity contribution in [3.8, 4) is 6.07 Å². The van der Waals surface area contributed by atoms with Crippen molar-refractivity contribution in [1.82, 2.24) is 4.90 Å². The van der Waals surface area contributed by atoms with Gasteiger partial charge in [0.05, 0.1) is 6.07 Å². The van der Waals surface area contributed by atoms with Crippen LogP contribution < -0.4 is 0 Å². The number of hydrogen-bond donors (Lipinski definition) is 0. The smallest absolute Gasteiger partial charge is 0.0656 e. The summed E-state index contributed by atoms with van der Waals surface area (Å²) in [4.78, 5) is 2.58. The van der Waals surface area contributed by atoms with E-state index in [4.69, 9.17) is 5.26 Å². The van der Waals surface area contributed by atoms with Crippen molar-refractivity contribution in [3.63, 3.8) is 0 Å². The molecule has 0 aromatic rings. The standard InChI is InChI=1S/C13H22N2/c1-12(2,3)15-6-4-13(5-7-15)8-11(9-13)10-14/h11H,4-9H2,1-3H3. The molecule has 0 bridgehead atoms. The number of nitriles is 1. The fourth-order valence-corrected chi connectivity index (χ4v) is 3.14. The van der Waals surface area contributed by atoms with E-state index in [1.54, 1.807) is 0 Å². The number of nitrogens with zero attached hydrogens (tertiary/aromatic N) is 2. The molecule has 1 aliphatic heterocycles. The number of hydrogen-bond acceptors (Lipinski definition) is 2. The van der Waals surface area contributed by atoms with E-state index in [1.807, 2.05) is 0 Å². The molecule has 2 nitrogen and oxygen atoms in total. The molecule has 0 aromatic carbocycles. The van der Waals surface area contributed by atoms with E-state index < -0.39 is 0 Å². The second-order valence-corrected chi connectivity index (χ2v) is 6.39. The third-order valence-corrected chi connectivity index (χ3v) is 4.31. The molecule has 15 heavy (non-hydrogen) atoms. The third kappa shape index (κ3) is 2.03. The van der Waals surface area contributed by atoms with Crippen LogP contribution >= 0.6 is 0 Å². The maximum absolute atomic E-state index is 8.82. The van der Waals surface area contributed by atoms with Gasteiger partial charge in [-0.1, -0.05) is 0 Å². The van der Waals surface area contributed by atoms with Crippen LogP contribution in [0, 0.1) is 22.7 Å². The van der Waals surface area contributed by atoms with Crippen LogP contribution in [-0.2, 0) is 0 Å². The van der Waals surface area contributed by atoms with Gasteiger partial charge >= 0.3 is 0 Å². The molecule has 0 radical (unpaired) electrons. The maximum Gasteiger partial charge on any atom is 0.0656 e. The Bertz CT molecular complexity index is 266. The van der Waals surface area contributed by atoms with Gasteiger partial charge in [-0.15, -0.1) is 0 Å². The van der Waals surface area contributed by atoms with E-state index in [-0.39, 0.29) is 0 Å². The lowest BCUT2D eigenvalue weighted by Gasteiger charge is -2.52. The van der Waals surface area contributed by atoms with Crippen LogP contribution in [0.2, 0.25) is 0 Å². The SMILES string of the molecule is CC(C)(C)N1CCC2(CC1)CC(C#N)C2.